The molecule has 0 spiro atoms. The summed E-state index contributed by atoms with van der Waals surface area (Å²) in [6, 6.07) is 17.9. The maximum absolute atomic E-state index is 12.6. The van der Waals surface area contributed by atoms with Gasteiger partial charge in [0.2, 0.25) is 5.91 Å². The summed E-state index contributed by atoms with van der Waals surface area (Å²) < 4.78 is 0. The Bertz CT molecular complexity index is 1200. The van der Waals surface area contributed by atoms with Crippen LogP contribution in [0.2, 0.25) is 10.0 Å². The highest BCUT2D eigenvalue weighted by atomic mass is 35.5. The number of carbonyl (C=O) groups excluding carboxylic acids is 1. The number of nitrogens with zero attached hydrogens (tertiary/aromatic N) is 2. The fourth-order valence-electron chi connectivity index (χ4n) is 3.03. The smallest absolute Gasteiger partial charge is 0.238 e. The van der Waals surface area contributed by atoms with E-state index in [0.29, 0.717) is 15.2 Å². The van der Waals surface area contributed by atoms with E-state index in [9.17, 15) is 4.79 Å². The standard InChI is InChI=1S/C22H18Cl2N4OS/c1-13(21(29)28-20-17(24)11-16(23)12-25-20)30-22-26-18-9-5-8-15(19(18)27-22)10-14-6-3-2-4-7-14/h2-9,11-13H,10H2,1H3,(H,26,27)(H,25,28,29). The van der Waals surface area contributed by atoms with Crippen LogP contribution in [0.1, 0.15) is 18.1 Å². The highest BCUT2D eigenvalue weighted by Crippen LogP contribution is 2.28. The van der Waals surface area contributed by atoms with Crippen molar-refractivity contribution in [1.29, 1.82) is 0 Å². The molecule has 4 aromatic rings. The molecule has 0 fully saturated rings. The number of carbonyl (C=O) groups is 1. The van der Waals surface area contributed by atoms with E-state index in [2.05, 4.69) is 33.5 Å². The van der Waals surface area contributed by atoms with E-state index in [-0.39, 0.29) is 11.7 Å². The second-order valence-corrected chi connectivity index (χ2v) is 8.92. The van der Waals surface area contributed by atoms with Crippen molar-refractivity contribution in [3.8, 4) is 0 Å². The van der Waals surface area contributed by atoms with Crippen LogP contribution in [0.15, 0.2) is 66.0 Å². The molecule has 5 nitrogen and oxygen atoms in total. The fourth-order valence-corrected chi connectivity index (χ4v) is 4.27. The van der Waals surface area contributed by atoms with Crippen molar-refractivity contribution in [3.05, 3.63) is 82.0 Å². The topological polar surface area (TPSA) is 70.7 Å². The Kier molecular flexibility index (Phi) is 6.27. The molecule has 0 aliphatic carbocycles. The molecule has 1 unspecified atom stereocenters. The molecule has 0 saturated carbocycles. The number of thioether (sulfide) groups is 1. The summed E-state index contributed by atoms with van der Waals surface area (Å²) in [6.07, 6.45) is 2.23. The van der Waals surface area contributed by atoms with Crippen LogP contribution in [0.3, 0.4) is 0 Å². The third-order valence-corrected chi connectivity index (χ3v) is 6.00. The lowest BCUT2D eigenvalue weighted by Crippen LogP contribution is -2.23. The molecule has 152 valence electrons. The number of halogens is 2. The van der Waals surface area contributed by atoms with E-state index < -0.39 is 5.25 Å². The Balaban J connectivity index is 1.49. The molecule has 8 heteroatoms. The largest absolute Gasteiger partial charge is 0.333 e. The van der Waals surface area contributed by atoms with E-state index in [1.807, 2.05) is 37.3 Å². The number of imidazole rings is 1. The number of benzene rings is 2. The first-order chi connectivity index (χ1) is 14.5. The van der Waals surface area contributed by atoms with Gasteiger partial charge in [0.15, 0.2) is 11.0 Å². The lowest BCUT2D eigenvalue weighted by molar-refractivity contribution is -0.115. The van der Waals surface area contributed by atoms with Gasteiger partial charge in [0.1, 0.15) is 0 Å². The second kappa shape index (κ2) is 9.08. The van der Waals surface area contributed by atoms with Crippen LogP contribution in [0, 0.1) is 0 Å². The van der Waals surface area contributed by atoms with Gasteiger partial charge in [-0.05, 0) is 36.6 Å². The van der Waals surface area contributed by atoms with Crippen LogP contribution in [-0.2, 0) is 11.2 Å². The summed E-state index contributed by atoms with van der Waals surface area (Å²) in [5, 5.41) is 3.71. The molecule has 0 saturated heterocycles. The zero-order valence-electron chi connectivity index (χ0n) is 16.0. The summed E-state index contributed by atoms with van der Waals surface area (Å²) >= 11 is 13.3. The van der Waals surface area contributed by atoms with E-state index in [0.717, 1.165) is 23.0 Å². The second-order valence-electron chi connectivity index (χ2n) is 6.75. The Labute approximate surface area is 188 Å². The summed E-state index contributed by atoms with van der Waals surface area (Å²) in [5.74, 6) is 0.0648. The lowest BCUT2D eigenvalue weighted by Gasteiger charge is -2.11. The van der Waals surface area contributed by atoms with Crippen LogP contribution >= 0.6 is 35.0 Å². The molecule has 2 aromatic heterocycles. The minimum atomic E-state index is -0.406. The van der Waals surface area contributed by atoms with Gasteiger partial charge in [-0.3, -0.25) is 4.79 Å². The third-order valence-electron chi connectivity index (χ3n) is 4.52. The number of fused-ring (bicyclic) bond motifs is 1. The maximum atomic E-state index is 12.6. The van der Waals surface area contributed by atoms with Crippen molar-refractivity contribution in [2.75, 3.05) is 5.32 Å². The number of rotatable bonds is 6. The SMILES string of the molecule is CC(Sc1nc2c(Cc3ccccc3)cccc2[nH]1)C(=O)Nc1ncc(Cl)cc1Cl. The Morgan fingerprint density at radius 3 is 2.73 bits per heavy atom. The first kappa shape index (κ1) is 20.7. The number of amides is 1. The average Bonchev–Trinajstić information content (AvgIpc) is 3.14. The van der Waals surface area contributed by atoms with Gasteiger partial charge in [0.25, 0.3) is 0 Å². The van der Waals surface area contributed by atoms with Gasteiger partial charge in [-0.2, -0.15) is 0 Å². The summed E-state index contributed by atoms with van der Waals surface area (Å²) in [7, 11) is 0. The molecule has 2 N–H and O–H groups in total. The molecular formula is C22H18Cl2N4OS. The first-order valence-electron chi connectivity index (χ1n) is 9.29. The normalized spacial score (nSPS) is 12.1. The number of nitrogens with one attached hydrogen (secondary N) is 2. The average molecular weight is 457 g/mol. The molecule has 0 bridgehead atoms. The molecule has 2 aromatic carbocycles. The van der Waals surface area contributed by atoms with Crippen LogP contribution < -0.4 is 5.32 Å². The summed E-state index contributed by atoms with van der Waals surface area (Å²) in [5.41, 5.74) is 4.22. The van der Waals surface area contributed by atoms with Crippen LogP contribution in [0.25, 0.3) is 11.0 Å². The third kappa shape index (κ3) is 4.78. The van der Waals surface area contributed by atoms with Gasteiger partial charge in [0, 0.05) is 6.20 Å². The molecule has 0 aliphatic rings. The number of para-hydroxylation sites is 1. The van der Waals surface area contributed by atoms with Crippen LogP contribution in [0.4, 0.5) is 5.82 Å². The number of H-pyrrole nitrogens is 1. The van der Waals surface area contributed by atoms with Crippen molar-refractivity contribution in [2.45, 2.75) is 23.8 Å². The summed E-state index contributed by atoms with van der Waals surface area (Å²) in [6.45, 7) is 1.81. The van der Waals surface area contributed by atoms with Gasteiger partial charge >= 0.3 is 0 Å². The van der Waals surface area contributed by atoms with Crippen molar-refractivity contribution in [3.63, 3.8) is 0 Å². The van der Waals surface area contributed by atoms with E-state index in [4.69, 9.17) is 28.2 Å². The minimum absolute atomic E-state index is 0.221. The van der Waals surface area contributed by atoms with Crippen LogP contribution in [0.5, 0.6) is 0 Å². The number of hydrogen-bond donors (Lipinski definition) is 2. The summed E-state index contributed by atoms with van der Waals surface area (Å²) in [4.78, 5) is 24.7. The van der Waals surface area contributed by atoms with Gasteiger partial charge < -0.3 is 10.3 Å². The highest BCUT2D eigenvalue weighted by molar-refractivity contribution is 8.00. The number of aromatic nitrogens is 3. The lowest BCUT2D eigenvalue weighted by atomic mass is 10.0. The molecule has 0 radical (unpaired) electrons. The van der Waals surface area contributed by atoms with E-state index >= 15 is 0 Å². The van der Waals surface area contributed by atoms with Crippen molar-refractivity contribution >= 4 is 57.7 Å². The fraction of sp³-hybridized carbons (Fsp3) is 0.136. The maximum Gasteiger partial charge on any atom is 0.238 e. The van der Waals surface area contributed by atoms with Crippen molar-refractivity contribution in [1.82, 2.24) is 15.0 Å². The zero-order valence-corrected chi connectivity index (χ0v) is 18.4. The molecule has 1 amide bonds. The molecule has 2 heterocycles. The van der Waals surface area contributed by atoms with Gasteiger partial charge in [-0.1, -0.05) is 77.4 Å². The number of aromatic amines is 1. The minimum Gasteiger partial charge on any atom is -0.333 e. The van der Waals surface area contributed by atoms with Gasteiger partial charge in [-0.15, -0.1) is 0 Å². The van der Waals surface area contributed by atoms with Crippen molar-refractivity contribution < 1.29 is 4.79 Å². The Morgan fingerprint density at radius 1 is 1.17 bits per heavy atom. The zero-order chi connectivity index (χ0) is 21.1. The highest BCUT2D eigenvalue weighted by Gasteiger charge is 2.19. The van der Waals surface area contributed by atoms with Gasteiger partial charge in [0.05, 0.1) is 26.3 Å². The van der Waals surface area contributed by atoms with Crippen molar-refractivity contribution in [2.24, 2.45) is 0 Å². The molecular weight excluding hydrogens is 439 g/mol. The number of hydrogen-bond acceptors (Lipinski definition) is 4. The molecule has 4 rings (SSSR count). The number of anilines is 1. The first-order valence-corrected chi connectivity index (χ1v) is 10.9. The monoisotopic (exact) mass is 456 g/mol. The number of pyridine rings is 1. The van der Waals surface area contributed by atoms with Gasteiger partial charge in [-0.25, -0.2) is 9.97 Å². The van der Waals surface area contributed by atoms with Crippen LogP contribution in [-0.4, -0.2) is 26.1 Å². The van der Waals surface area contributed by atoms with E-state index in [1.54, 1.807) is 0 Å². The Morgan fingerprint density at radius 2 is 1.97 bits per heavy atom. The molecule has 1 atom stereocenters. The van der Waals surface area contributed by atoms with E-state index in [1.165, 1.54) is 29.6 Å². The molecule has 30 heavy (non-hydrogen) atoms. The molecule has 0 aliphatic heterocycles. The predicted octanol–water partition coefficient (Wildman–Crippen LogP) is 5.97. The Hall–Kier alpha value is -2.54. The predicted molar refractivity (Wildman–Crippen MR) is 124 cm³/mol. The quantitative estimate of drug-likeness (QED) is 0.350.